The second-order valence-corrected chi connectivity index (χ2v) is 5.52. The largest absolute Gasteiger partial charge is 0.460 e. The summed E-state index contributed by atoms with van der Waals surface area (Å²) in [5.41, 5.74) is 0.173. The first-order valence-electron chi connectivity index (χ1n) is 7.69. The minimum absolute atomic E-state index is 0.00983. The van der Waals surface area contributed by atoms with Gasteiger partial charge in [-0.1, -0.05) is 0 Å². The first-order valence-corrected chi connectivity index (χ1v) is 7.69. The Balaban J connectivity index is 1.77. The van der Waals surface area contributed by atoms with Crippen molar-refractivity contribution in [3.05, 3.63) is 23.9 Å². The second-order valence-electron chi connectivity index (χ2n) is 5.52. The quantitative estimate of drug-likeness (QED) is 0.779. The van der Waals surface area contributed by atoms with Gasteiger partial charge in [0.15, 0.2) is 11.6 Å². The monoisotopic (exact) mass is 356 g/mol. The molecule has 3 heterocycles. The lowest BCUT2D eigenvalue weighted by Crippen LogP contribution is -2.40. The van der Waals surface area contributed by atoms with Crippen LogP contribution in [-0.4, -0.2) is 46.7 Å². The van der Waals surface area contributed by atoms with E-state index in [-0.39, 0.29) is 55.6 Å². The van der Waals surface area contributed by atoms with Crippen molar-refractivity contribution in [3.8, 4) is 11.5 Å². The third kappa shape index (κ3) is 3.72. The maximum absolute atomic E-state index is 14.3. The lowest BCUT2D eigenvalue weighted by Gasteiger charge is -2.32. The minimum Gasteiger partial charge on any atom is -0.460 e. The van der Waals surface area contributed by atoms with Gasteiger partial charge in [0.2, 0.25) is 0 Å². The zero-order valence-corrected chi connectivity index (χ0v) is 13.3. The van der Waals surface area contributed by atoms with Crippen LogP contribution in [0.15, 0.2) is 16.8 Å². The summed E-state index contributed by atoms with van der Waals surface area (Å²) in [4.78, 5) is 20.8. The number of alkyl halides is 2. The van der Waals surface area contributed by atoms with E-state index in [1.807, 2.05) is 0 Å². The number of piperidine rings is 1. The number of anilines is 1. The predicted molar refractivity (Wildman–Crippen MR) is 79.8 cm³/mol. The van der Waals surface area contributed by atoms with Crippen molar-refractivity contribution in [2.24, 2.45) is 0 Å². The zero-order chi connectivity index (χ0) is 18.0. The summed E-state index contributed by atoms with van der Waals surface area (Å²) in [6.07, 6.45) is 0.596. The third-order valence-electron chi connectivity index (χ3n) is 3.75. The number of pyridine rings is 1. The zero-order valence-electron chi connectivity index (χ0n) is 13.3. The van der Waals surface area contributed by atoms with E-state index < -0.39 is 17.7 Å². The van der Waals surface area contributed by atoms with Crippen LogP contribution < -0.4 is 4.90 Å². The Morgan fingerprint density at radius 1 is 1.40 bits per heavy atom. The molecule has 1 aliphatic heterocycles. The highest BCUT2D eigenvalue weighted by Crippen LogP contribution is 2.31. The molecule has 0 amide bonds. The molecule has 134 valence electrons. The van der Waals surface area contributed by atoms with Crippen molar-refractivity contribution < 1.29 is 27.2 Å². The van der Waals surface area contributed by atoms with Crippen molar-refractivity contribution in [3.63, 3.8) is 0 Å². The Labute approximate surface area is 140 Å². The normalized spacial score (nSPS) is 16.7. The summed E-state index contributed by atoms with van der Waals surface area (Å²) in [5.74, 6) is -4.55. The van der Waals surface area contributed by atoms with Gasteiger partial charge in [-0.3, -0.25) is 0 Å². The fourth-order valence-electron chi connectivity index (χ4n) is 2.45. The number of ether oxygens (including phenoxy) is 1. The van der Waals surface area contributed by atoms with Crippen molar-refractivity contribution in [2.45, 2.75) is 25.7 Å². The van der Waals surface area contributed by atoms with Crippen LogP contribution in [0, 0.1) is 5.82 Å². The predicted octanol–water partition coefficient (Wildman–Crippen LogP) is 2.68. The highest BCUT2D eigenvalue weighted by molar-refractivity contribution is 5.85. The van der Waals surface area contributed by atoms with E-state index in [2.05, 4.69) is 15.1 Å². The number of rotatable bonds is 4. The average molecular weight is 356 g/mol. The van der Waals surface area contributed by atoms with Crippen LogP contribution in [0.2, 0.25) is 0 Å². The highest BCUT2D eigenvalue weighted by Gasteiger charge is 2.35. The number of aromatic nitrogens is 3. The Morgan fingerprint density at radius 2 is 2.12 bits per heavy atom. The summed E-state index contributed by atoms with van der Waals surface area (Å²) in [5, 5.41) is 3.46. The van der Waals surface area contributed by atoms with Crippen LogP contribution in [0.1, 0.15) is 30.4 Å². The molecule has 3 rings (SSSR count). The first-order chi connectivity index (χ1) is 11.9. The first kappa shape index (κ1) is 17.2. The van der Waals surface area contributed by atoms with Crippen LogP contribution in [0.4, 0.5) is 19.0 Å². The van der Waals surface area contributed by atoms with Gasteiger partial charge in [-0.15, -0.1) is 0 Å². The lowest BCUT2D eigenvalue weighted by atomic mass is 10.1. The van der Waals surface area contributed by atoms with Crippen molar-refractivity contribution in [1.29, 1.82) is 0 Å². The Hall–Kier alpha value is -2.65. The van der Waals surface area contributed by atoms with Gasteiger partial charge < -0.3 is 14.2 Å². The number of halogens is 3. The average Bonchev–Trinajstić information content (AvgIpc) is 3.06. The maximum atomic E-state index is 14.3. The SMILES string of the molecule is CCOC(=O)c1noc(-c2cnc(N3CCC(F)(F)CC3)c(F)c2)n1. The molecule has 0 aliphatic carbocycles. The lowest BCUT2D eigenvalue weighted by molar-refractivity contribution is -0.0222. The molecule has 7 nitrogen and oxygen atoms in total. The highest BCUT2D eigenvalue weighted by atomic mass is 19.3. The number of esters is 1. The van der Waals surface area contributed by atoms with Gasteiger partial charge in [0.1, 0.15) is 0 Å². The van der Waals surface area contributed by atoms with E-state index >= 15 is 0 Å². The number of carbonyl (C=O) groups is 1. The molecule has 10 heteroatoms. The van der Waals surface area contributed by atoms with Crippen molar-refractivity contribution >= 4 is 11.8 Å². The summed E-state index contributed by atoms with van der Waals surface area (Å²) in [6, 6.07) is 1.11. The molecule has 0 atom stereocenters. The molecule has 0 saturated carbocycles. The van der Waals surface area contributed by atoms with Crippen LogP contribution >= 0.6 is 0 Å². The summed E-state index contributed by atoms with van der Waals surface area (Å²) >= 11 is 0. The van der Waals surface area contributed by atoms with E-state index in [1.165, 1.54) is 11.1 Å². The van der Waals surface area contributed by atoms with Gasteiger partial charge >= 0.3 is 5.97 Å². The smallest absolute Gasteiger partial charge is 0.379 e. The fraction of sp³-hybridized carbons (Fsp3) is 0.467. The molecule has 1 aliphatic rings. The molecule has 0 N–H and O–H groups in total. The van der Waals surface area contributed by atoms with Gasteiger partial charge in [-0.2, -0.15) is 4.98 Å². The molecule has 1 saturated heterocycles. The Morgan fingerprint density at radius 3 is 2.76 bits per heavy atom. The van der Waals surface area contributed by atoms with Gasteiger partial charge in [0, 0.05) is 32.1 Å². The maximum Gasteiger partial charge on any atom is 0.379 e. The molecule has 2 aromatic heterocycles. The summed E-state index contributed by atoms with van der Waals surface area (Å²) < 4.78 is 50.4. The van der Waals surface area contributed by atoms with Crippen molar-refractivity contribution in [2.75, 3.05) is 24.6 Å². The topological polar surface area (TPSA) is 81.3 Å². The molecular formula is C15H15F3N4O3. The van der Waals surface area contributed by atoms with E-state index in [1.54, 1.807) is 6.92 Å². The van der Waals surface area contributed by atoms with Gasteiger partial charge in [0.05, 0.1) is 12.2 Å². The van der Waals surface area contributed by atoms with Gasteiger partial charge in [0.25, 0.3) is 17.6 Å². The minimum atomic E-state index is -2.72. The molecule has 0 spiro atoms. The Kier molecular flexibility index (Phi) is 4.60. The third-order valence-corrected chi connectivity index (χ3v) is 3.75. The van der Waals surface area contributed by atoms with Crippen LogP contribution in [0.3, 0.4) is 0 Å². The number of nitrogens with zero attached hydrogens (tertiary/aromatic N) is 4. The molecule has 1 fully saturated rings. The second kappa shape index (κ2) is 6.69. The van der Waals surface area contributed by atoms with E-state index in [0.29, 0.717) is 0 Å². The van der Waals surface area contributed by atoms with Crippen LogP contribution in [0.25, 0.3) is 11.5 Å². The molecular weight excluding hydrogens is 341 g/mol. The van der Waals surface area contributed by atoms with E-state index in [0.717, 1.165) is 6.07 Å². The van der Waals surface area contributed by atoms with E-state index in [4.69, 9.17) is 9.26 Å². The van der Waals surface area contributed by atoms with Crippen LogP contribution in [0.5, 0.6) is 0 Å². The van der Waals surface area contributed by atoms with E-state index in [9.17, 15) is 18.0 Å². The Bertz CT molecular complexity index is 771. The summed E-state index contributed by atoms with van der Waals surface area (Å²) in [6.45, 7) is 1.82. The molecule has 0 bridgehead atoms. The molecule has 0 unspecified atom stereocenters. The fourth-order valence-corrected chi connectivity index (χ4v) is 2.45. The van der Waals surface area contributed by atoms with Crippen LogP contribution in [-0.2, 0) is 4.74 Å². The van der Waals surface area contributed by atoms with Gasteiger partial charge in [-0.25, -0.2) is 22.9 Å². The number of hydrogen-bond donors (Lipinski definition) is 0. The number of hydrogen-bond acceptors (Lipinski definition) is 7. The molecule has 0 radical (unpaired) electrons. The summed E-state index contributed by atoms with van der Waals surface area (Å²) in [7, 11) is 0. The van der Waals surface area contributed by atoms with Gasteiger partial charge in [-0.05, 0) is 18.1 Å². The standard InChI is InChI=1S/C15H15F3N4O3/c1-2-24-14(23)11-20-13(25-21-11)9-7-10(16)12(19-8-9)22-5-3-15(17,18)4-6-22/h7-8H,2-6H2,1H3. The number of carbonyl (C=O) groups excluding carboxylic acids is 1. The van der Waals surface area contributed by atoms with Crippen molar-refractivity contribution in [1.82, 2.24) is 15.1 Å². The molecule has 0 aromatic carbocycles. The molecule has 25 heavy (non-hydrogen) atoms. The molecule has 2 aromatic rings.